The Morgan fingerprint density at radius 2 is 1.95 bits per heavy atom. The van der Waals surface area contributed by atoms with Gasteiger partial charge in [0.1, 0.15) is 0 Å². The molecule has 0 spiro atoms. The van der Waals surface area contributed by atoms with Crippen LogP contribution in [0, 0.1) is 0 Å². The minimum atomic E-state index is -3.16. The first kappa shape index (κ1) is 16.3. The normalized spacial score (nSPS) is 16.8. The summed E-state index contributed by atoms with van der Waals surface area (Å²) in [4.78, 5) is 13.8. The summed E-state index contributed by atoms with van der Waals surface area (Å²) in [6.07, 6.45) is 1.19. The molecule has 0 bridgehead atoms. The van der Waals surface area contributed by atoms with E-state index < -0.39 is 10.0 Å². The summed E-state index contributed by atoms with van der Waals surface area (Å²) in [6, 6.07) is 7.59. The van der Waals surface area contributed by atoms with Crippen molar-refractivity contribution in [1.82, 2.24) is 9.21 Å². The quantitative estimate of drug-likeness (QED) is 0.850. The van der Waals surface area contributed by atoms with Crippen molar-refractivity contribution >= 4 is 37.5 Å². The predicted molar refractivity (Wildman–Crippen MR) is 85.6 cm³/mol. The van der Waals surface area contributed by atoms with Gasteiger partial charge in [-0.05, 0) is 18.2 Å². The fourth-order valence-electron chi connectivity index (χ4n) is 2.16. The van der Waals surface area contributed by atoms with Gasteiger partial charge in [0.2, 0.25) is 15.9 Å². The second-order valence-electron chi connectivity index (χ2n) is 4.91. The molecule has 1 saturated heterocycles. The summed E-state index contributed by atoms with van der Waals surface area (Å²) in [7, 11) is -3.16. The SMILES string of the molecule is CS(=O)(=O)N1CCN(C(=O)CNc2cccc(Br)c2)CC1. The third-order valence-corrected chi connectivity index (χ3v) is 5.13. The molecule has 21 heavy (non-hydrogen) atoms. The van der Waals surface area contributed by atoms with Crippen LogP contribution >= 0.6 is 15.9 Å². The van der Waals surface area contributed by atoms with E-state index in [2.05, 4.69) is 21.2 Å². The average Bonchev–Trinajstić information content (AvgIpc) is 2.44. The largest absolute Gasteiger partial charge is 0.376 e. The zero-order chi connectivity index (χ0) is 15.5. The number of amides is 1. The lowest BCUT2D eigenvalue weighted by Gasteiger charge is -2.33. The van der Waals surface area contributed by atoms with Crippen molar-refractivity contribution in [2.75, 3.05) is 44.3 Å². The molecule has 0 unspecified atom stereocenters. The number of benzene rings is 1. The van der Waals surface area contributed by atoms with E-state index in [0.717, 1.165) is 10.2 Å². The van der Waals surface area contributed by atoms with Crippen molar-refractivity contribution in [3.8, 4) is 0 Å². The Morgan fingerprint density at radius 1 is 1.29 bits per heavy atom. The molecule has 116 valence electrons. The third kappa shape index (κ3) is 4.69. The topological polar surface area (TPSA) is 69.7 Å². The minimum Gasteiger partial charge on any atom is -0.376 e. The molecule has 0 saturated carbocycles. The molecule has 0 radical (unpaired) electrons. The Bertz CT molecular complexity index is 613. The van der Waals surface area contributed by atoms with Crippen LogP contribution in [0.1, 0.15) is 0 Å². The van der Waals surface area contributed by atoms with Gasteiger partial charge in [-0.15, -0.1) is 0 Å². The van der Waals surface area contributed by atoms with Gasteiger partial charge in [0.05, 0.1) is 12.8 Å². The maximum Gasteiger partial charge on any atom is 0.241 e. The number of nitrogens with one attached hydrogen (secondary N) is 1. The predicted octanol–water partition coefficient (Wildman–Crippen LogP) is 0.965. The van der Waals surface area contributed by atoms with Gasteiger partial charge in [0.15, 0.2) is 0 Å². The van der Waals surface area contributed by atoms with E-state index in [-0.39, 0.29) is 12.5 Å². The smallest absolute Gasteiger partial charge is 0.241 e. The fraction of sp³-hybridized carbons (Fsp3) is 0.462. The highest BCUT2D eigenvalue weighted by Crippen LogP contribution is 2.15. The van der Waals surface area contributed by atoms with Crippen molar-refractivity contribution in [1.29, 1.82) is 0 Å². The molecule has 1 N–H and O–H groups in total. The second kappa shape index (κ2) is 6.76. The zero-order valence-electron chi connectivity index (χ0n) is 11.8. The Balaban J connectivity index is 1.83. The molecule has 0 aliphatic carbocycles. The number of hydrogen-bond acceptors (Lipinski definition) is 4. The van der Waals surface area contributed by atoms with Crippen LogP contribution in [-0.2, 0) is 14.8 Å². The number of rotatable bonds is 4. The Kier molecular flexibility index (Phi) is 5.23. The Morgan fingerprint density at radius 3 is 2.52 bits per heavy atom. The molecule has 1 aromatic carbocycles. The molecule has 2 rings (SSSR count). The zero-order valence-corrected chi connectivity index (χ0v) is 14.2. The molecule has 1 fully saturated rings. The Labute approximate surface area is 133 Å². The van der Waals surface area contributed by atoms with Crippen LogP contribution in [0.4, 0.5) is 5.69 Å². The molecule has 6 nitrogen and oxygen atoms in total. The third-order valence-electron chi connectivity index (χ3n) is 3.33. The second-order valence-corrected chi connectivity index (χ2v) is 7.80. The monoisotopic (exact) mass is 375 g/mol. The molecule has 8 heteroatoms. The van der Waals surface area contributed by atoms with E-state index >= 15 is 0 Å². The number of halogens is 1. The molecule has 1 amide bonds. The first-order valence-corrected chi connectivity index (χ1v) is 9.23. The summed E-state index contributed by atoms with van der Waals surface area (Å²) in [5, 5.41) is 3.07. The number of piperazine rings is 1. The van der Waals surface area contributed by atoms with Crippen molar-refractivity contribution < 1.29 is 13.2 Å². The fourth-order valence-corrected chi connectivity index (χ4v) is 3.38. The number of carbonyl (C=O) groups is 1. The maximum absolute atomic E-state index is 12.1. The average molecular weight is 376 g/mol. The number of sulfonamides is 1. The van der Waals surface area contributed by atoms with Gasteiger partial charge in [0.25, 0.3) is 0 Å². The summed E-state index contributed by atoms with van der Waals surface area (Å²) in [5.41, 5.74) is 0.868. The van der Waals surface area contributed by atoms with Gasteiger partial charge >= 0.3 is 0 Å². The standard InChI is InChI=1S/C13H18BrN3O3S/c1-21(19,20)17-7-5-16(6-8-17)13(18)10-15-12-4-2-3-11(14)9-12/h2-4,9,15H,5-8,10H2,1H3. The molecule has 1 aromatic rings. The van der Waals surface area contributed by atoms with Crippen molar-refractivity contribution in [2.45, 2.75) is 0 Å². The van der Waals surface area contributed by atoms with Crippen molar-refractivity contribution in [2.24, 2.45) is 0 Å². The van der Waals surface area contributed by atoms with Crippen LogP contribution in [0.3, 0.4) is 0 Å². The number of hydrogen-bond donors (Lipinski definition) is 1. The van der Waals surface area contributed by atoms with Crippen LogP contribution in [0.2, 0.25) is 0 Å². The van der Waals surface area contributed by atoms with Crippen molar-refractivity contribution in [3.63, 3.8) is 0 Å². The van der Waals surface area contributed by atoms with Gasteiger partial charge < -0.3 is 10.2 Å². The first-order valence-electron chi connectivity index (χ1n) is 6.58. The highest BCUT2D eigenvalue weighted by molar-refractivity contribution is 9.10. The van der Waals surface area contributed by atoms with Gasteiger partial charge in [0, 0.05) is 36.3 Å². The van der Waals surface area contributed by atoms with Crippen LogP contribution < -0.4 is 5.32 Å². The van der Waals surface area contributed by atoms with Crippen LogP contribution in [-0.4, -0.2) is 62.5 Å². The van der Waals surface area contributed by atoms with E-state index in [1.165, 1.54) is 10.6 Å². The maximum atomic E-state index is 12.1. The Hall–Kier alpha value is -1.12. The lowest BCUT2D eigenvalue weighted by Crippen LogP contribution is -2.51. The molecule has 1 aliphatic heterocycles. The number of anilines is 1. The summed E-state index contributed by atoms with van der Waals surface area (Å²) in [5.74, 6) is -0.0249. The molecule has 1 aliphatic rings. The first-order chi connectivity index (χ1) is 9.86. The summed E-state index contributed by atoms with van der Waals surface area (Å²) in [6.45, 7) is 1.80. The van der Waals surface area contributed by atoms with Crippen LogP contribution in [0.5, 0.6) is 0 Å². The van der Waals surface area contributed by atoms with Gasteiger partial charge in [-0.3, -0.25) is 4.79 Å². The number of nitrogens with zero attached hydrogens (tertiary/aromatic N) is 2. The number of carbonyl (C=O) groups excluding carboxylic acids is 1. The molecule has 0 aromatic heterocycles. The molecular weight excluding hydrogens is 358 g/mol. The van der Waals surface area contributed by atoms with E-state index in [1.54, 1.807) is 4.90 Å². The van der Waals surface area contributed by atoms with E-state index in [1.807, 2.05) is 24.3 Å². The molecule has 1 heterocycles. The van der Waals surface area contributed by atoms with Gasteiger partial charge in [-0.1, -0.05) is 22.0 Å². The summed E-state index contributed by atoms with van der Waals surface area (Å²) < 4.78 is 25.2. The lowest BCUT2D eigenvalue weighted by atomic mass is 10.3. The lowest BCUT2D eigenvalue weighted by molar-refractivity contribution is -0.130. The van der Waals surface area contributed by atoms with Gasteiger partial charge in [-0.2, -0.15) is 4.31 Å². The van der Waals surface area contributed by atoms with Crippen molar-refractivity contribution in [3.05, 3.63) is 28.7 Å². The van der Waals surface area contributed by atoms with Crippen LogP contribution in [0.25, 0.3) is 0 Å². The minimum absolute atomic E-state index is 0.0249. The molecular formula is C13H18BrN3O3S. The van der Waals surface area contributed by atoms with Gasteiger partial charge in [-0.25, -0.2) is 8.42 Å². The van der Waals surface area contributed by atoms with E-state index in [4.69, 9.17) is 0 Å². The molecule has 0 atom stereocenters. The van der Waals surface area contributed by atoms with E-state index in [9.17, 15) is 13.2 Å². The summed E-state index contributed by atoms with van der Waals surface area (Å²) >= 11 is 3.37. The highest BCUT2D eigenvalue weighted by Gasteiger charge is 2.25. The van der Waals surface area contributed by atoms with Crippen LogP contribution in [0.15, 0.2) is 28.7 Å². The highest BCUT2D eigenvalue weighted by atomic mass is 79.9. The van der Waals surface area contributed by atoms with E-state index in [0.29, 0.717) is 26.2 Å².